The van der Waals surface area contributed by atoms with Crippen LogP contribution in [0.4, 0.5) is 4.79 Å². The first-order valence-corrected chi connectivity index (χ1v) is 7.45. The van der Waals surface area contributed by atoms with E-state index >= 15 is 0 Å². The van der Waals surface area contributed by atoms with Gasteiger partial charge in [0.05, 0.1) is 0 Å². The minimum Gasteiger partial charge on any atom is -0.465 e. The Hall–Kier alpha value is -2.82. The molecule has 1 amide bonds. The summed E-state index contributed by atoms with van der Waals surface area (Å²) in [6.45, 7) is 1.81. The fraction of sp³-hybridized carbons (Fsp3) is 0.222. The summed E-state index contributed by atoms with van der Waals surface area (Å²) in [5, 5.41) is 9.78. The lowest BCUT2D eigenvalue weighted by atomic mass is 9.97. The third-order valence-corrected chi connectivity index (χ3v) is 4.17. The molecule has 1 saturated heterocycles. The standard InChI is InChI=1S/C18H17NO4/c1-2-18(14-11-7-4-8-12-14)19(17(21)22)15(16(20)23-18)13-9-5-3-6-10-13/h3-12,15H,2H2,1H3,(H,21,22)/t15-,18+/m1/s1. The molecule has 1 aliphatic heterocycles. The molecule has 118 valence electrons. The molecule has 0 radical (unpaired) electrons. The fourth-order valence-corrected chi connectivity index (χ4v) is 3.11. The summed E-state index contributed by atoms with van der Waals surface area (Å²) in [7, 11) is 0. The molecule has 2 aromatic carbocycles. The Morgan fingerprint density at radius 2 is 1.70 bits per heavy atom. The van der Waals surface area contributed by atoms with E-state index in [0.29, 0.717) is 17.5 Å². The van der Waals surface area contributed by atoms with Crippen LogP contribution in [-0.4, -0.2) is 22.1 Å². The van der Waals surface area contributed by atoms with Gasteiger partial charge in [-0.25, -0.2) is 14.5 Å². The van der Waals surface area contributed by atoms with Gasteiger partial charge in [-0.05, 0) is 5.56 Å². The summed E-state index contributed by atoms with van der Waals surface area (Å²) >= 11 is 0. The second-order valence-electron chi connectivity index (χ2n) is 5.39. The van der Waals surface area contributed by atoms with Crippen LogP contribution >= 0.6 is 0 Å². The molecule has 5 heteroatoms. The summed E-state index contributed by atoms with van der Waals surface area (Å²) in [5.41, 5.74) is -0.0483. The van der Waals surface area contributed by atoms with E-state index in [0.717, 1.165) is 4.90 Å². The summed E-state index contributed by atoms with van der Waals surface area (Å²) in [6.07, 6.45) is -0.853. The van der Waals surface area contributed by atoms with Crippen molar-refractivity contribution in [3.05, 3.63) is 71.8 Å². The number of esters is 1. The molecule has 23 heavy (non-hydrogen) atoms. The lowest BCUT2D eigenvalue weighted by Gasteiger charge is -2.35. The monoisotopic (exact) mass is 311 g/mol. The normalized spacial score (nSPS) is 23.6. The summed E-state index contributed by atoms with van der Waals surface area (Å²) < 4.78 is 5.63. The van der Waals surface area contributed by atoms with E-state index in [1.807, 2.05) is 19.1 Å². The number of hydrogen-bond donors (Lipinski definition) is 1. The first kappa shape index (κ1) is 15.1. The largest absolute Gasteiger partial charge is 0.465 e. The Morgan fingerprint density at radius 3 is 2.22 bits per heavy atom. The third kappa shape index (κ3) is 2.34. The Bertz CT molecular complexity index is 716. The lowest BCUT2D eigenvalue weighted by Crippen LogP contribution is -2.46. The lowest BCUT2D eigenvalue weighted by molar-refractivity contribution is -0.154. The van der Waals surface area contributed by atoms with Crippen molar-refractivity contribution in [2.45, 2.75) is 25.1 Å². The molecule has 1 aliphatic rings. The van der Waals surface area contributed by atoms with E-state index in [-0.39, 0.29) is 0 Å². The number of amides is 1. The average molecular weight is 311 g/mol. The molecule has 0 aliphatic carbocycles. The van der Waals surface area contributed by atoms with Crippen LogP contribution in [0.3, 0.4) is 0 Å². The maximum absolute atomic E-state index is 12.5. The van der Waals surface area contributed by atoms with E-state index in [1.165, 1.54) is 0 Å². The van der Waals surface area contributed by atoms with Crippen LogP contribution in [0.25, 0.3) is 0 Å². The highest BCUT2D eigenvalue weighted by Gasteiger charge is 2.56. The molecule has 0 bridgehead atoms. The maximum Gasteiger partial charge on any atom is 0.411 e. The van der Waals surface area contributed by atoms with E-state index in [9.17, 15) is 14.7 Å². The van der Waals surface area contributed by atoms with Gasteiger partial charge in [0.2, 0.25) is 5.72 Å². The predicted molar refractivity (Wildman–Crippen MR) is 83.5 cm³/mol. The Balaban J connectivity index is 2.15. The van der Waals surface area contributed by atoms with Crippen molar-refractivity contribution < 1.29 is 19.4 Å². The molecule has 0 spiro atoms. The Kier molecular flexibility index (Phi) is 3.78. The van der Waals surface area contributed by atoms with Crippen LogP contribution < -0.4 is 0 Å². The molecule has 2 atom stereocenters. The number of ether oxygens (including phenoxy) is 1. The van der Waals surface area contributed by atoms with Crippen molar-refractivity contribution in [3.63, 3.8) is 0 Å². The maximum atomic E-state index is 12.5. The first-order valence-electron chi connectivity index (χ1n) is 7.45. The van der Waals surface area contributed by atoms with Crippen LogP contribution in [0.1, 0.15) is 30.5 Å². The Labute approximate surface area is 134 Å². The van der Waals surface area contributed by atoms with Crippen molar-refractivity contribution in [3.8, 4) is 0 Å². The van der Waals surface area contributed by atoms with Gasteiger partial charge in [-0.15, -0.1) is 0 Å². The predicted octanol–water partition coefficient (Wildman–Crippen LogP) is 3.53. The zero-order valence-electron chi connectivity index (χ0n) is 12.7. The second kappa shape index (κ2) is 5.76. The second-order valence-corrected chi connectivity index (χ2v) is 5.39. The van der Waals surface area contributed by atoms with Crippen molar-refractivity contribution >= 4 is 12.1 Å². The van der Waals surface area contributed by atoms with Crippen LogP contribution in [0.5, 0.6) is 0 Å². The number of benzene rings is 2. The first-order chi connectivity index (χ1) is 11.1. The zero-order chi connectivity index (χ0) is 16.4. The highest BCUT2D eigenvalue weighted by atomic mass is 16.6. The molecule has 3 rings (SSSR count). The van der Waals surface area contributed by atoms with Crippen molar-refractivity contribution in [1.29, 1.82) is 0 Å². The topological polar surface area (TPSA) is 66.8 Å². The van der Waals surface area contributed by atoms with Crippen LogP contribution in [0.15, 0.2) is 60.7 Å². The minimum atomic E-state index is -1.30. The van der Waals surface area contributed by atoms with Gasteiger partial charge in [0.15, 0.2) is 6.04 Å². The van der Waals surface area contributed by atoms with Gasteiger partial charge in [0.1, 0.15) is 0 Å². The molecule has 0 unspecified atom stereocenters. The molecule has 0 aromatic heterocycles. The summed E-state index contributed by atoms with van der Waals surface area (Å²) in [6, 6.07) is 16.9. The van der Waals surface area contributed by atoms with Crippen LogP contribution in [0.2, 0.25) is 0 Å². The van der Waals surface area contributed by atoms with Crippen LogP contribution in [0, 0.1) is 0 Å². The third-order valence-electron chi connectivity index (χ3n) is 4.17. The smallest absolute Gasteiger partial charge is 0.411 e. The van der Waals surface area contributed by atoms with Crippen molar-refractivity contribution in [2.24, 2.45) is 0 Å². The molecule has 2 aromatic rings. The van der Waals surface area contributed by atoms with Crippen molar-refractivity contribution in [1.82, 2.24) is 4.90 Å². The molecular weight excluding hydrogens is 294 g/mol. The highest BCUT2D eigenvalue weighted by Crippen LogP contribution is 2.46. The zero-order valence-corrected chi connectivity index (χ0v) is 12.7. The van der Waals surface area contributed by atoms with Gasteiger partial charge >= 0.3 is 12.1 Å². The number of hydrogen-bond acceptors (Lipinski definition) is 3. The molecular formula is C18H17NO4. The average Bonchev–Trinajstić information content (AvgIpc) is 2.90. The highest BCUT2D eigenvalue weighted by molar-refractivity contribution is 5.86. The van der Waals surface area contributed by atoms with Crippen molar-refractivity contribution in [2.75, 3.05) is 0 Å². The van der Waals surface area contributed by atoms with Gasteiger partial charge in [0, 0.05) is 12.0 Å². The molecule has 5 nitrogen and oxygen atoms in total. The summed E-state index contributed by atoms with van der Waals surface area (Å²) in [4.78, 5) is 25.6. The minimum absolute atomic E-state index is 0.332. The number of carbonyl (C=O) groups is 2. The van der Waals surface area contributed by atoms with Gasteiger partial charge in [0.25, 0.3) is 0 Å². The molecule has 1 fully saturated rings. The van der Waals surface area contributed by atoms with E-state index in [4.69, 9.17) is 4.74 Å². The number of carboxylic acid groups (broad SMARTS) is 1. The van der Waals surface area contributed by atoms with E-state index in [2.05, 4.69) is 0 Å². The molecule has 1 heterocycles. The molecule has 0 saturated carbocycles. The van der Waals surface area contributed by atoms with Gasteiger partial charge in [-0.3, -0.25) is 0 Å². The summed E-state index contributed by atoms with van der Waals surface area (Å²) in [5.74, 6) is -0.552. The quantitative estimate of drug-likeness (QED) is 0.881. The number of cyclic esters (lactones) is 1. The molecule has 1 N–H and O–H groups in total. The fourth-order valence-electron chi connectivity index (χ4n) is 3.11. The van der Waals surface area contributed by atoms with Gasteiger partial charge in [-0.1, -0.05) is 67.6 Å². The number of nitrogens with zero attached hydrogens (tertiary/aromatic N) is 1. The van der Waals surface area contributed by atoms with E-state index < -0.39 is 23.8 Å². The van der Waals surface area contributed by atoms with Gasteiger partial charge < -0.3 is 9.84 Å². The van der Waals surface area contributed by atoms with Gasteiger partial charge in [-0.2, -0.15) is 0 Å². The van der Waals surface area contributed by atoms with E-state index in [1.54, 1.807) is 48.5 Å². The number of carbonyl (C=O) groups excluding carboxylic acids is 1. The Morgan fingerprint density at radius 1 is 1.13 bits per heavy atom. The number of rotatable bonds is 3. The SMILES string of the molecule is CC[C@@]1(c2ccccc2)OC(=O)[C@@H](c2ccccc2)N1C(=O)O. The van der Waals surface area contributed by atoms with Crippen LogP contribution in [-0.2, 0) is 15.3 Å².